The van der Waals surface area contributed by atoms with Gasteiger partial charge in [-0.05, 0) is 43.4 Å². The van der Waals surface area contributed by atoms with Gasteiger partial charge in [-0.25, -0.2) is 13.4 Å². The summed E-state index contributed by atoms with van der Waals surface area (Å²) in [5.41, 5.74) is 1.97. The molecule has 232 valence electrons. The molecular weight excluding hydrogens is 601 g/mol. The number of ether oxygens (including phenoxy) is 1. The van der Waals surface area contributed by atoms with Crippen LogP contribution in [0, 0.1) is 22.7 Å². The lowest BCUT2D eigenvalue weighted by Crippen LogP contribution is -2.49. The fourth-order valence-corrected chi connectivity index (χ4v) is 8.89. The third-order valence-electron chi connectivity index (χ3n) is 9.32. The molecule has 0 N–H and O–H groups in total. The first-order valence-corrected chi connectivity index (χ1v) is 17.5. The van der Waals surface area contributed by atoms with Crippen molar-refractivity contribution in [1.82, 2.24) is 4.98 Å². The average molecular weight is 637 g/mol. The Morgan fingerprint density at radius 2 is 1.79 bits per heavy atom. The number of sulfone groups is 1. The van der Waals surface area contributed by atoms with Gasteiger partial charge < -0.3 is 14.5 Å². The number of nitrogens with zero attached hydrogens (tertiary/aromatic N) is 4. The Balaban J connectivity index is 1.33. The molecule has 0 bridgehead atoms. The molecule has 2 saturated carbocycles. The van der Waals surface area contributed by atoms with Crippen LogP contribution < -0.4 is 9.80 Å². The second-order valence-corrected chi connectivity index (χ2v) is 15.6. The Hall–Kier alpha value is -2.69. The van der Waals surface area contributed by atoms with Gasteiger partial charge in [-0.15, -0.1) is 0 Å². The third kappa shape index (κ3) is 6.56. The first-order valence-electron chi connectivity index (χ1n) is 14.9. The van der Waals surface area contributed by atoms with E-state index in [0.717, 1.165) is 53.9 Å². The minimum atomic E-state index is -4.48. The molecule has 2 aromatic rings. The van der Waals surface area contributed by atoms with Crippen LogP contribution in [0.4, 0.5) is 24.0 Å². The summed E-state index contributed by atoms with van der Waals surface area (Å²) >= 11 is 1.35. The molecule has 0 spiro atoms. The third-order valence-corrected chi connectivity index (χ3v) is 12.1. The maximum Gasteiger partial charge on any atom is 0.416 e. The Morgan fingerprint density at radius 1 is 1.09 bits per heavy atom. The van der Waals surface area contributed by atoms with E-state index in [-0.39, 0.29) is 55.2 Å². The van der Waals surface area contributed by atoms with Crippen LogP contribution in [0.2, 0.25) is 0 Å². The number of hydrogen-bond donors (Lipinski definition) is 0. The zero-order chi connectivity index (χ0) is 30.4. The molecule has 13 heteroatoms. The van der Waals surface area contributed by atoms with Gasteiger partial charge in [0.05, 0.1) is 46.7 Å². The van der Waals surface area contributed by atoms with Crippen molar-refractivity contribution >= 4 is 37.8 Å². The maximum absolute atomic E-state index is 13.6. The summed E-state index contributed by atoms with van der Waals surface area (Å²) in [5, 5.41) is 10.1. The molecule has 8 nitrogen and oxygen atoms in total. The number of nitriles is 1. The standard InChI is InChI=1S/C30H35F3N4O4S2/c31-30(32,33)25-18-37(11-14-41-25)28-35-26(23-4-2-1-3-22(23)24(38)17-29(19-34)9-10-29)27(42-28)20-5-7-21(8-6-20)36-12-15-43(39,40)16-13-36/h5-8,22-23,25H,1-4,9-18H2/t22-,23-,25+/m1/s1. The van der Waals surface area contributed by atoms with Crippen LogP contribution >= 0.6 is 11.3 Å². The lowest BCUT2D eigenvalue weighted by atomic mass is 9.73. The van der Waals surface area contributed by atoms with Gasteiger partial charge in [-0.2, -0.15) is 18.4 Å². The van der Waals surface area contributed by atoms with E-state index >= 15 is 0 Å². The van der Waals surface area contributed by atoms with Gasteiger partial charge in [0.1, 0.15) is 5.78 Å². The monoisotopic (exact) mass is 636 g/mol. The summed E-state index contributed by atoms with van der Waals surface area (Å²) in [6.07, 6.45) is -1.35. The van der Waals surface area contributed by atoms with Crippen molar-refractivity contribution in [3.8, 4) is 16.5 Å². The molecule has 0 amide bonds. The second kappa shape index (κ2) is 11.7. The van der Waals surface area contributed by atoms with E-state index in [0.29, 0.717) is 24.6 Å². The second-order valence-electron chi connectivity index (χ2n) is 12.3. The number of ketones is 1. The molecule has 4 aliphatic rings. The van der Waals surface area contributed by atoms with Gasteiger partial charge in [0.2, 0.25) is 0 Å². The molecular formula is C30H35F3N4O4S2. The molecule has 1 aromatic carbocycles. The predicted molar refractivity (Wildman–Crippen MR) is 158 cm³/mol. The van der Waals surface area contributed by atoms with Crippen LogP contribution in [0.5, 0.6) is 0 Å². The normalized spacial score (nSPS) is 27.0. The van der Waals surface area contributed by atoms with Crippen molar-refractivity contribution < 1.29 is 31.1 Å². The van der Waals surface area contributed by atoms with Gasteiger partial charge in [0.15, 0.2) is 21.1 Å². The van der Waals surface area contributed by atoms with Crippen molar-refractivity contribution in [1.29, 1.82) is 5.26 Å². The van der Waals surface area contributed by atoms with E-state index in [9.17, 15) is 31.6 Å². The highest BCUT2D eigenvalue weighted by Gasteiger charge is 2.48. The Morgan fingerprint density at radius 3 is 2.44 bits per heavy atom. The van der Waals surface area contributed by atoms with Crippen LogP contribution in [0.15, 0.2) is 24.3 Å². The maximum atomic E-state index is 13.6. The zero-order valence-corrected chi connectivity index (χ0v) is 25.4. The molecule has 4 fully saturated rings. The van der Waals surface area contributed by atoms with Gasteiger partial charge in [0, 0.05) is 43.6 Å². The van der Waals surface area contributed by atoms with E-state index in [1.54, 1.807) is 4.90 Å². The van der Waals surface area contributed by atoms with Crippen LogP contribution in [-0.4, -0.2) is 75.8 Å². The van der Waals surface area contributed by atoms with Crippen molar-refractivity contribution in [3.63, 3.8) is 0 Å². The number of alkyl halides is 3. The highest BCUT2D eigenvalue weighted by molar-refractivity contribution is 7.91. The molecule has 43 heavy (non-hydrogen) atoms. The highest BCUT2D eigenvalue weighted by atomic mass is 32.2. The molecule has 2 saturated heterocycles. The molecule has 2 aliphatic heterocycles. The van der Waals surface area contributed by atoms with Crippen molar-refractivity contribution in [2.24, 2.45) is 11.3 Å². The van der Waals surface area contributed by atoms with Gasteiger partial charge >= 0.3 is 6.18 Å². The number of aromatic nitrogens is 1. The molecule has 0 unspecified atom stereocenters. The summed E-state index contributed by atoms with van der Waals surface area (Å²) in [5.74, 6) is -0.153. The van der Waals surface area contributed by atoms with E-state index in [2.05, 4.69) is 6.07 Å². The fraction of sp³-hybridized carbons (Fsp3) is 0.633. The average Bonchev–Trinajstić information content (AvgIpc) is 3.63. The summed E-state index contributed by atoms with van der Waals surface area (Å²) in [6, 6.07) is 10.1. The molecule has 6 rings (SSSR count). The SMILES string of the molecule is N#CC1(CC(=O)[C@@H]2CCCC[C@H]2c2nc(N3CCO[C@H](C(F)(F)F)C3)sc2-c2ccc(N3CCS(=O)(=O)CC3)cc2)CC1. The van der Waals surface area contributed by atoms with Crippen molar-refractivity contribution in [2.45, 2.75) is 63.1 Å². The van der Waals surface area contributed by atoms with Gasteiger partial charge in [-0.3, -0.25) is 4.79 Å². The summed E-state index contributed by atoms with van der Waals surface area (Å²) in [4.78, 5) is 23.1. The van der Waals surface area contributed by atoms with E-state index in [4.69, 9.17) is 9.72 Å². The van der Waals surface area contributed by atoms with Crippen molar-refractivity contribution in [3.05, 3.63) is 30.0 Å². The summed E-state index contributed by atoms with van der Waals surface area (Å²) < 4.78 is 69.4. The van der Waals surface area contributed by atoms with Crippen LogP contribution in [0.1, 0.15) is 56.6 Å². The smallest absolute Gasteiger partial charge is 0.369 e. The Bertz CT molecular complexity index is 1480. The number of hydrogen-bond acceptors (Lipinski definition) is 9. The van der Waals surface area contributed by atoms with Gasteiger partial charge in [-0.1, -0.05) is 36.3 Å². The lowest BCUT2D eigenvalue weighted by Gasteiger charge is -2.33. The minimum absolute atomic E-state index is 0.0601. The fourth-order valence-electron chi connectivity index (χ4n) is 6.52. The van der Waals surface area contributed by atoms with Crippen LogP contribution in [0.3, 0.4) is 0 Å². The number of halogens is 3. The van der Waals surface area contributed by atoms with E-state index in [1.807, 2.05) is 29.2 Å². The Labute approximate surface area is 253 Å². The minimum Gasteiger partial charge on any atom is -0.369 e. The number of thiazole rings is 1. The topological polar surface area (TPSA) is 104 Å². The molecule has 3 atom stereocenters. The van der Waals surface area contributed by atoms with Crippen LogP contribution in [0.25, 0.3) is 10.4 Å². The zero-order valence-electron chi connectivity index (χ0n) is 23.8. The number of carbonyl (C=O) groups excluding carboxylic acids is 1. The first kappa shape index (κ1) is 30.3. The summed E-state index contributed by atoms with van der Waals surface area (Å²) in [7, 11) is -3.01. The molecule has 3 heterocycles. The number of Topliss-reactive ketones (excluding diaryl/α,β-unsaturated/α-hetero) is 1. The molecule has 1 aromatic heterocycles. The number of morpholine rings is 1. The predicted octanol–water partition coefficient (Wildman–Crippen LogP) is 5.35. The number of rotatable bonds is 7. The largest absolute Gasteiger partial charge is 0.416 e. The van der Waals surface area contributed by atoms with Crippen molar-refractivity contribution in [2.75, 3.05) is 54.1 Å². The first-order chi connectivity index (χ1) is 20.5. The van der Waals surface area contributed by atoms with E-state index < -0.39 is 27.5 Å². The lowest BCUT2D eigenvalue weighted by molar-refractivity contribution is -0.221. The number of anilines is 2. The highest BCUT2D eigenvalue weighted by Crippen LogP contribution is 2.52. The van der Waals surface area contributed by atoms with Gasteiger partial charge in [0.25, 0.3) is 0 Å². The quantitative estimate of drug-likeness (QED) is 0.401. The van der Waals surface area contributed by atoms with E-state index in [1.165, 1.54) is 11.3 Å². The molecule has 2 aliphatic carbocycles. The number of benzene rings is 1. The van der Waals surface area contributed by atoms with Crippen LogP contribution in [-0.2, 0) is 19.4 Å². The Kier molecular flexibility index (Phi) is 8.23. The summed E-state index contributed by atoms with van der Waals surface area (Å²) in [6.45, 7) is 0.726. The number of carbonyl (C=O) groups is 1. The molecule has 0 radical (unpaired) electrons.